The van der Waals surface area contributed by atoms with Crippen molar-refractivity contribution in [3.8, 4) is 0 Å². The molecule has 1 fully saturated rings. The van der Waals surface area contributed by atoms with E-state index in [1.165, 1.54) is 11.8 Å². The topological polar surface area (TPSA) is 35.5 Å². The van der Waals surface area contributed by atoms with Gasteiger partial charge in [-0.15, -0.1) is 0 Å². The molecule has 0 bridgehead atoms. The van der Waals surface area contributed by atoms with E-state index in [9.17, 15) is 4.79 Å². The van der Waals surface area contributed by atoms with Gasteiger partial charge in [-0.25, -0.2) is 0 Å². The zero-order chi connectivity index (χ0) is 18.1. The molecule has 6 heteroatoms. The van der Waals surface area contributed by atoms with Crippen molar-refractivity contribution < 1.29 is 14.1 Å². The second-order valence-corrected chi connectivity index (χ2v) is 8.62. The maximum absolute atomic E-state index is 11.4. The van der Waals surface area contributed by atoms with Gasteiger partial charge in [0, 0.05) is 17.7 Å². The highest BCUT2D eigenvalue weighted by molar-refractivity contribution is 8.13. The monoisotopic (exact) mass is 366 g/mol. The van der Waals surface area contributed by atoms with Crippen LogP contribution < -0.4 is 0 Å². The molecule has 0 aliphatic carbocycles. The number of carbonyl (C=O) groups is 1. The molecule has 0 spiro atoms. The molecule has 3 nitrogen and oxygen atoms in total. The van der Waals surface area contributed by atoms with Gasteiger partial charge in [-0.2, -0.15) is 0 Å². The van der Waals surface area contributed by atoms with Gasteiger partial charge in [0.25, 0.3) is 0 Å². The molecule has 0 amide bonds. The number of halogens is 1. The SMILES string of the molecule is CC(=O)SCC(=Cc1c(C)cccc1Cl)B1OC(C)(C)C(C)(C)O1. The summed E-state index contributed by atoms with van der Waals surface area (Å²) in [5, 5.41) is 0.741. The smallest absolute Gasteiger partial charge is 0.400 e. The predicted molar refractivity (Wildman–Crippen MR) is 103 cm³/mol. The summed E-state index contributed by atoms with van der Waals surface area (Å²) in [6.45, 7) is 11.6. The van der Waals surface area contributed by atoms with Crippen molar-refractivity contribution in [3.05, 3.63) is 39.8 Å². The Morgan fingerprint density at radius 2 is 1.83 bits per heavy atom. The van der Waals surface area contributed by atoms with Crippen molar-refractivity contribution in [3.63, 3.8) is 0 Å². The van der Waals surface area contributed by atoms with Crippen molar-refractivity contribution in [1.29, 1.82) is 0 Å². The average Bonchev–Trinajstić information content (AvgIpc) is 2.65. The van der Waals surface area contributed by atoms with Crippen LogP contribution in [0.1, 0.15) is 45.7 Å². The van der Waals surface area contributed by atoms with E-state index in [-0.39, 0.29) is 5.12 Å². The van der Waals surface area contributed by atoms with E-state index >= 15 is 0 Å². The summed E-state index contributed by atoms with van der Waals surface area (Å²) >= 11 is 7.60. The predicted octanol–water partition coefficient (Wildman–Crippen LogP) is 4.94. The van der Waals surface area contributed by atoms with E-state index < -0.39 is 18.3 Å². The molecule has 130 valence electrons. The quantitative estimate of drug-likeness (QED) is 0.707. The molecule has 0 atom stereocenters. The lowest BCUT2D eigenvalue weighted by atomic mass is 9.78. The number of thioether (sulfide) groups is 1. The van der Waals surface area contributed by atoms with Crippen LogP contribution in [0.5, 0.6) is 0 Å². The van der Waals surface area contributed by atoms with E-state index in [1.807, 2.05) is 58.9 Å². The van der Waals surface area contributed by atoms with Gasteiger partial charge in [0.05, 0.1) is 11.2 Å². The molecule has 1 aromatic carbocycles. The number of carbonyl (C=O) groups excluding carboxylic acids is 1. The van der Waals surface area contributed by atoms with Gasteiger partial charge in [-0.3, -0.25) is 4.79 Å². The number of hydrogen-bond acceptors (Lipinski definition) is 4. The molecule has 1 saturated heterocycles. The highest BCUT2D eigenvalue weighted by atomic mass is 35.5. The summed E-state index contributed by atoms with van der Waals surface area (Å²) in [6, 6.07) is 5.80. The minimum absolute atomic E-state index is 0.0632. The van der Waals surface area contributed by atoms with Crippen molar-refractivity contribution in [2.45, 2.75) is 52.7 Å². The van der Waals surface area contributed by atoms with Gasteiger partial charge in [-0.05, 0) is 57.3 Å². The van der Waals surface area contributed by atoms with Crippen LogP contribution in [0.25, 0.3) is 6.08 Å². The van der Waals surface area contributed by atoms with Crippen LogP contribution in [-0.2, 0) is 14.1 Å². The standard InChI is InChI=1S/C18H24BClO3S/c1-12-8-7-9-16(20)15(12)10-14(11-24-13(2)21)19-22-17(3,4)18(5,6)23-19/h7-10H,11H2,1-6H3. The minimum Gasteiger partial charge on any atom is -0.400 e. The summed E-state index contributed by atoms with van der Waals surface area (Å²) in [4.78, 5) is 11.4. The molecule has 0 aromatic heterocycles. The Morgan fingerprint density at radius 3 is 2.33 bits per heavy atom. The van der Waals surface area contributed by atoms with E-state index in [0.29, 0.717) is 10.8 Å². The second-order valence-electron chi connectivity index (χ2n) is 7.06. The number of rotatable bonds is 4. The van der Waals surface area contributed by atoms with Crippen LogP contribution in [0.3, 0.4) is 0 Å². The summed E-state index contributed by atoms with van der Waals surface area (Å²) in [5.74, 6) is 0.511. The van der Waals surface area contributed by atoms with Gasteiger partial charge in [0.2, 0.25) is 0 Å². The minimum atomic E-state index is -0.488. The van der Waals surface area contributed by atoms with Crippen molar-refractivity contribution >= 4 is 41.7 Å². The first-order valence-electron chi connectivity index (χ1n) is 7.98. The fourth-order valence-corrected chi connectivity index (χ4v) is 3.24. The molecule has 1 heterocycles. The first-order valence-corrected chi connectivity index (χ1v) is 9.34. The molecule has 2 rings (SSSR count). The van der Waals surface area contributed by atoms with Gasteiger partial charge in [-0.1, -0.05) is 41.6 Å². The fourth-order valence-electron chi connectivity index (χ4n) is 2.37. The first-order chi connectivity index (χ1) is 11.0. The van der Waals surface area contributed by atoms with E-state index in [4.69, 9.17) is 20.9 Å². The zero-order valence-corrected chi connectivity index (χ0v) is 16.7. The van der Waals surface area contributed by atoms with Crippen LogP contribution in [0.15, 0.2) is 23.7 Å². The molecule has 0 saturated carbocycles. The maximum atomic E-state index is 11.4. The second kappa shape index (κ2) is 7.24. The van der Waals surface area contributed by atoms with Crippen LogP contribution in [0.4, 0.5) is 0 Å². The van der Waals surface area contributed by atoms with Gasteiger partial charge in [0.15, 0.2) is 5.12 Å². The Morgan fingerprint density at radius 1 is 1.25 bits per heavy atom. The lowest BCUT2D eigenvalue weighted by molar-refractivity contribution is -0.109. The molecule has 0 N–H and O–H groups in total. The van der Waals surface area contributed by atoms with E-state index in [2.05, 4.69) is 0 Å². The lowest BCUT2D eigenvalue weighted by Gasteiger charge is -2.32. The summed E-state index contributed by atoms with van der Waals surface area (Å²) < 4.78 is 12.3. The molecule has 1 aromatic rings. The molecule has 24 heavy (non-hydrogen) atoms. The van der Waals surface area contributed by atoms with Crippen molar-refractivity contribution in [2.75, 3.05) is 5.75 Å². The molecule has 0 unspecified atom stereocenters. The normalized spacial score (nSPS) is 19.6. The lowest BCUT2D eigenvalue weighted by Crippen LogP contribution is -2.41. The average molecular weight is 367 g/mol. The van der Waals surface area contributed by atoms with Crippen LogP contribution in [0.2, 0.25) is 5.02 Å². The Hall–Kier alpha value is -0.745. The van der Waals surface area contributed by atoms with Gasteiger partial charge >= 0.3 is 7.12 Å². The van der Waals surface area contributed by atoms with Crippen LogP contribution in [0, 0.1) is 6.92 Å². The zero-order valence-electron chi connectivity index (χ0n) is 15.1. The number of hydrogen-bond donors (Lipinski definition) is 0. The maximum Gasteiger partial charge on any atom is 0.491 e. The molecule has 1 aliphatic heterocycles. The van der Waals surface area contributed by atoms with E-state index in [0.717, 1.165) is 16.6 Å². The largest absolute Gasteiger partial charge is 0.491 e. The first kappa shape index (κ1) is 19.6. The highest BCUT2D eigenvalue weighted by Gasteiger charge is 2.52. The Kier molecular flexibility index (Phi) is 5.91. The molecular formula is C18H24BClO3S. The third-order valence-corrected chi connectivity index (χ3v) is 5.81. The van der Waals surface area contributed by atoms with Crippen LogP contribution >= 0.6 is 23.4 Å². The fraction of sp³-hybridized carbons (Fsp3) is 0.500. The van der Waals surface area contributed by atoms with E-state index in [1.54, 1.807) is 6.92 Å². The summed E-state index contributed by atoms with van der Waals surface area (Å²) in [7, 11) is -0.488. The summed E-state index contributed by atoms with van der Waals surface area (Å²) in [6.07, 6.45) is 2.00. The number of benzene rings is 1. The third kappa shape index (κ3) is 4.26. The van der Waals surface area contributed by atoms with Crippen molar-refractivity contribution in [1.82, 2.24) is 0 Å². The summed E-state index contributed by atoms with van der Waals surface area (Å²) in [5.41, 5.74) is 2.07. The van der Waals surface area contributed by atoms with Gasteiger partial charge in [0.1, 0.15) is 0 Å². The Bertz CT molecular complexity index is 634. The highest BCUT2D eigenvalue weighted by Crippen LogP contribution is 2.39. The molecular weight excluding hydrogens is 343 g/mol. The Balaban J connectivity index is 2.39. The third-order valence-electron chi connectivity index (χ3n) is 4.60. The molecule has 0 radical (unpaired) electrons. The Labute approximate surface area is 154 Å². The molecule has 1 aliphatic rings. The van der Waals surface area contributed by atoms with Crippen molar-refractivity contribution in [2.24, 2.45) is 0 Å². The van der Waals surface area contributed by atoms with Crippen LogP contribution in [-0.4, -0.2) is 29.2 Å². The van der Waals surface area contributed by atoms with Gasteiger partial charge < -0.3 is 9.31 Å². The number of aryl methyl sites for hydroxylation is 1.